The second kappa shape index (κ2) is 9.33. The molecule has 3 rings (SSSR count). The van der Waals surface area contributed by atoms with Gasteiger partial charge in [0.05, 0.1) is 0 Å². The highest BCUT2D eigenvalue weighted by molar-refractivity contribution is 6.30. The Balaban J connectivity index is 1.34. The number of halogens is 3. The fourth-order valence-electron chi connectivity index (χ4n) is 3.55. The van der Waals surface area contributed by atoms with Gasteiger partial charge in [-0.15, -0.1) is 0 Å². The predicted molar refractivity (Wildman–Crippen MR) is 104 cm³/mol. The molecular weight excluding hydrogens is 354 g/mol. The highest BCUT2D eigenvalue weighted by Crippen LogP contribution is 2.23. The molecule has 0 bridgehead atoms. The number of rotatable bonds is 7. The Morgan fingerprint density at radius 3 is 2.62 bits per heavy atom. The van der Waals surface area contributed by atoms with Crippen LogP contribution in [0, 0.1) is 17.6 Å². The van der Waals surface area contributed by atoms with Gasteiger partial charge in [0, 0.05) is 23.3 Å². The average Bonchev–Trinajstić information content (AvgIpc) is 2.62. The molecule has 0 unspecified atom stereocenters. The van der Waals surface area contributed by atoms with Crippen LogP contribution in [0.25, 0.3) is 0 Å². The second-order valence-corrected chi connectivity index (χ2v) is 7.45. The van der Waals surface area contributed by atoms with E-state index in [1.54, 1.807) is 6.07 Å². The molecule has 0 amide bonds. The van der Waals surface area contributed by atoms with Crippen LogP contribution in [0.1, 0.15) is 24.8 Å². The average molecular weight is 379 g/mol. The third kappa shape index (κ3) is 5.68. The zero-order valence-corrected chi connectivity index (χ0v) is 15.6. The lowest BCUT2D eigenvalue weighted by atomic mass is 9.90. The maximum Gasteiger partial charge on any atom is 0.129 e. The van der Waals surface area contributed by atoms with Gasteiger partial charge >= 0.3 is 0 Å². The number of hydrogen-bond acceptors (Lipinski definition) is 2. The highest BCUT2D eigenvalue weighted by Gasteiger charge is 2.20. The zero-order chi connectivity index (χ0) is 18.4. The minimum absolute atomic E-state index is 0.417. The first-order valence-corrected chi connectivity index (χ1v) is 9.63. The van der Waals surface area contributed by atoms with E-state index in [0.717, 1.165) is 62.2 Å². The Bertz CT molecular complexity index is 715. The first-order chi connectivity index (χ1) is 12.6. The molecule has 2 aromatic rings. The first kappa shape index (κ1) is 19.1. The van der Waals surface area contributed by atoms with Crippen molar-refractivity contribution in [1.82, 2.24) is 4.90 Å². The first-order valence-electron chi connectivity index (χ1n) is 9.26. The van der Waals surface area contributed by atoms with Crippen molar-refractivity contribution in [3.8, 4) is 0 Å². The van der Waals surface area contributed by atoms with Crippen LogP contribution < -0.4 is 5.32 Å². The van der Waals surface area contributed by atoms with Crippen LogP contribution in [0.3, 0.4) is 0 Å². The van der Waals surface area contributed by atoms with Crippen LogP contribution in [0.5, 0.6) is 0 Å². The van der Waals surface area contributed by atoms with E-state index < -0.39 is 11.6 Å². The topological polar surface area (TPSA) is 15.3 Å². The highest BCUT2D eigenvalue weighted by atomic mass is 35.5. The molecule has 2 aromatic carbocycles. The number of piperidine rings is 1. The van der Waals surface area contributed by atoms with Gasteiger partial charge in [-0.2, -0.15) is 0 Å². The molecule has 26 heavy (non-hydrogen) atoms. The molecule has 1 fully saturated rings. The van der Waals surface area contributed by atoms with Gasteiger partial charge in [-0.25, -0.2) is 8.78 Å². The van der Waals surface area contributed by atoms with E-state index in [9.17, 15) is 8.78 Å². The monoisotopic (exact) mass is 378 g/mol. The number of hydrogen-bond donors (Lipinski definition) is 1. The van der Waals surface area contributed by atoms with Gasteiger partial charge in [0.2, 0.25) is 0 Å². The van der Waals surface area contributed by atoms with E-state index in [1.165, 1.54) is 6.07 Å². The molecule has 1 N–H and O–H groups in total. The summed E-state index contributed by atoms with van der Waals surface area (Å²) in [5.41, 5.74) is 1.69. The van der Waals surface area contributed by atoms with Gasteiger partial charge in [0.1, 0.15) is 11.6 Å². The van der Waals surface area contributed by atoms with Gasteiger partial charge in [-0.05, 0) is 81.1 Å². The molecule has 0 atom stereocenters. The number of anilines is 1. The van der Waals surface area contributed by atoms with Gasteiger partial charge in [0.15, 0.2) is 0 Å². The summed E-state index contributed by atoms with van der Waals surface area (Å²) < 4.78 is 26.8. The van der Waals surface area contributed by atoms with E-state index >= 15 is 0 Å². The maximum absolute atomic E-state index is 13.8. The molecule has 0 aliphatic carbocycles. The van der Waals surface area contributed by atoms with Crippen molar-refractivity contribution in [1.29, 1.82) is 0 Å². The predicted octanol–water partition coefficient (Wildman–Crippen LogP) is 5.37. The smallest absolute Gasteiger partial charge is 0.129 e. The van der Waals surface area contributed by atoms with E-state index in [4.69, 9.17) is 11.6 Å². The number of benzene rings is 2. The third-order valence-corrected chi connectivity index (χ3v) is 5.27. The van der Waals surface area contributed by atoms with Crippen molar-refractivity contribution in [2.75, 3.05) is 31.5 Å². The van der Waals surface area contributed by atoms with Crippen LogP contribution in [0.15, 0.2) is 42.5 Å². The molecule has 5 heteroatoms. The number of likely N-dealkylation sites (tertiary alicyclic amines) is 1. The Hall–Kier alpha value is -1.65. The van der Waals surface area contributed by atoms with Crippen molar-refractivity contribution in [2.24, 2.45) is 5.92 Å². The van der Waals surface area contributed by atoms with Crippen molar-refractivity contribution in [3.05, 3.63) is 64.7 Å². The van der Waals surface area contributed by atoms with Crippen LogP contribution in [0.2, 0.25) is 5.02 Å². The Morgan fingerprint density at radius 1 is 1.08 bits per heavy atom. The molecule has 140 valence electrons. The molecule has 1 heterocycles. The van der Waals surface area contributed by atoms with Crippen molar-refractivity contribution < 1.29 is 8.78 Å². The van der Waals surface area contributed by atoms with E-state index in [1.807, 2.05) is 24.3 Å². The SMILES string of the molecule is Fc1ccc(CC2CCN(CCCNc3cccc(Cl)c3)CC2)c(F)c1. The fourth-order valence-corrected chi connectivity index (χ4v) is 3.74. The van der Waals surface area contributed by atoms with Crippen molar-refractivity contribution >= 4 is 17.3 Å². The van der Waals surface area contributed by atoms with Crippen molar-refractivity contribution in [2.45, 2.75) is 25.7 Å². The summed E-state index contributed by atoms with van der Waals surface area (Å²) in [6.07, 6.45) is 3.91. The molecule has 0 spiro atoms. The summed E-state index contributed by atoms with van der Waals surface area (Å²) in [6.45, 7) is 4.07. The lowest BCUT2D eigenvalue weighted by Gasteiger charge is -2.32. The van der Waals surface area contributed by atoms with Gasteiger partial charge in [-0.3, -0.25) is 0 Å². The van der Waals surface area contributed by atoms with Crippen LogP contribution in [0.4, 0.5) is 14.5 Å². The lowest BCUT2D eigenvalue weighted by Crippen LogP contribution is -2.35. The minimum atomic E-state index is -0.507. The van der Waals surface area contributed by atoms with Crippen LogP contribution >= 0.6 is 11.6 Å². The van der Waals surface area contributed by atoms with E-state index in [0.29, 0.717) is 17.9 Å². The Labute approximate surface area is 159 Å². The maximum atomic E-state index is 13.8. The number of nitrogens with one attached hydrogen (secondary N) is 1. The van der Waals surface area contributed by atoms with Gasteiger partial charge in [-0.1, -0.05) is 23.7 Å². The molecule has 2 nitrogen and oxygen atoms in total. The summed E-state index contributed by atoms with van der Waals surface area (Å²) in [4.78, 5) is 2.47. The Morgan fingerprint density at radius 2 is 1.88 bits per heavy atom. The van der Waals surface area contributed by atoms with Crippen molar-refractivity contribution in [3.63, 3.8) is 0 Å². The second-order valence-electron chi connectivity index (χ2n) is 7.02. The normalized spacial score (nSPS) is 16.0. The largest absolute Gasteiger partial charge is 0.385 e. The summed E-state index contributed by atoms with van der Waals surface area (Å²) in [5, 5.41) is 4.14. The molecule has 0 saturated carbocycles. The molecular formula is C21H25ClF2N2. The molecule has 1 aliphatic heterocycles. The molecule has 0 aromatic heterocycles. The van der Waals surface area contributed by atoms with E-state index in [2.05, 4.69) is 10.2 Å². The summed E-state index contributed by atoms with van der Waals surface area (Å²) >= 11 is 5.98. The molecule has 0 radical (unpaired) electrons. The Kier molecular flexibility index (Phi) is 6.86. The van der Waals surface area contributed by atoms with Gasteiger partial charge < -0.3 is 10.2 Å². The van der Waals surface area contributed by atoms with Crippen LogP contribution in [-0.4, -0.2) is 31.1 Å². The van der Waals surface area contributed by atoms with Crippen LogP contribution in [-0.2, 0) is 6.42 Å². The minimum Gasteiger partial charge on any atom is -0.385 e. The molecule has 1 saturated heterocycles. The molecule has 1 aliphatic rings. The third-order valence-electron chi connectivity index (χ3n) is 5.04. The van der Waals surface area contributed by atoms with E-state index in [-0.39, 0.29) is 0 Å². The summed E-state index contributed by atoms with van der Waals surface area (Å²) in [5.74, 6) is -0.442. The fraction of sp³-hybridized carbons (Fsp3) is 0.429. The summed E-state index contributed by atoms with van der Waals surface area (Å²) in [6, 6.07) is 11.7. The van der Waals surface area contributed by atoms with Gasteiger partial charge in [0.25, 0.3) is 0 Å². The summed E-state index contributed by atoms with van der Waals surface area (Å²) in [7, 11) is 0. The standard InChI is InChI=1S/C21H25ClF2N2/c22-18-3-1-4-20(14-18)25-9-2-10-26-11-7-16(8-12-26)13-17-5-6-19(23)15-21(17)24/h1,3-6,14-16,25H,2,7-13H2. The quantitative estimate of drug-likeness (QED) is 0.651. The lowest BCUT2D eigenvalue weighted by molar-refractivity contribution is 0.183. The zero-order valence-electron chi connectivity index (χ0n) is 14.9. The number of nitrogens with zero attached hydrogens (tertiary/aromatic N) is 1.